The van der Waals surface area contributed by atoms with Gasteiger partial charge < -0.3 is 0 Å². The van der Waals surface area contributed by atoms with E-state index in [4.69, 9.17) is 0 Å². The maximum Gasteiger partial charge on any atom is 0.0928 e. The SMILES string of the molecule is C[C](c1ccc2nccnc2c1)c1cccc2nccnc12. The van der Waals surface area contributed by atoms with Crippen molar-refractivity contribution in [2.24, 2.45) is 0 Å². The minimum Gasteiger partial charge on any atom is -0.253 e. The third kappa shape index (κ3) is 2.09. The zero-order valence-electron chi connectivity index (χ0n) is 12.1. The van der Waals surface area contributed by atoms with E-state index in [0.29, 0.717) is 0 Å². The highest BCUT2D eigenvalue weighted by Crippen LogP contribution is 2.28. The summed E-state index contributed by atoms with van der Waals surface area (Å²) in [5.41, 5.74) is 5.82. The number of hydrogen-bond acceptors (Lipinski definition) is 4. The van der Waals surface area contributed by atoms with Gasteiger partial charge in [0.25, 0.3) is 0 Å². The predicted octanol–water partition coefficient (Wildman–Crippen LogP) is 3.56. The molecule has 0 atom stereocenters. The van der Waals surface area contributed by atoms with Gasteiger partial charge in [-0.1, -0.05) is 25.1 Å². The Hall–Kier alpha value is -2.88. The van der Waals surface area contributed by atoms with Crippen molar-refractivity contribution in [1.82, 2.24) is 19.9 Å². The maximum absolute atomic E-state index is 4.48. The first kappa shape index (κ1) is 12.8. The summed E-state index contributed by atoms with van der Waals surface area (Å²) in [6.45, 7) is 2.10. The Morgan fingerprint density at radius 2 is 1.45 bits per heavy atom. The highest BCUT2D eigenvalue weighted by atomic mass is 14.8. The quantitative estimate of drug-likeness (QED) is 0.565. The molecule has 4 nitrogen and oxygen atoms in total. The van der Waals surface area contributed by atoms with Gasteiger partial charge >= 0.3 is 0 Å². The van der Waals surface area contributed by atoms with E-state index in [1.165, 1.54) is 0 Å². The Bertz CT molecular complexity index is 960. The van der Waals surface area contributed by atoms with Crippen molar-refractivity contribution >= 4 is 22.1 Å². The summed E-state index contributed by atoms with van der Waals surface area (Å²) < 4.78 is 0. The molecule has 0 amide bonds. The first-order chi connectivity index (χ1) is 10.8. The van der Waals surface area contributed by atoms with E-state index in [1.54, 1.807) is 24.8 Å². The third-order valence-corrected chi connectivity index (χ3v) is 3.80. The lowest BCUT2D eigenvalue weighted by molar-refractivity contribution is 1.18. The third-order valence-electron chi connectivity index (χ3n) is 3.80. The second kappa shape index (κ2) is 5.15. The Balaban J connectivity index is 1.86. The molecular formula is C18H13N4. The number of para-hydroxylation sites is 1. The van der Waals surface area contributed by atoms with Crippen LogP contribution >= 0.6 is 0 Å². The number of fused-ring (bicyclic) bond motifs is 2. The summed E-state index contributed by atoms with van der Waals surface area (Å²) in [6.07, 6.45) is 6.86. The van der Waals surface area contributed by atoms with E-state index in [-0.39, 0.29) is 0 Å². The van der Waals surface area contributed by atoms with E-state index in [9.17, 15) is 0 Å². The molecule has 0 spiro atoms. The van der Waals surface area contributed by atoms with E-state index in [2.05, 4.69) is 45.1 Å². The van der Waals surface area contributed by atoms with Crippen LogP contribution in [0.2, 0.25) is 0 Å². The molecule has 2 heterocycles. The van der Waals surface area contributed by atoms with Crippen molar-refractivity contribution in [3.05, 3.63) is 78.2 Å². The maximum atomic E-state index is 4.48. The monoisotopic (exact) mass is 285 g/mol. The molecule has 4 aromatic rings. The Morgan fingerprint density at radius 3 is 2.32 bits per heavy atom. The highest BCUT2D eigenvalue weighted by molar-refractivity contribution is 5.82. The summed E-state index contributed by atoms with van der Waals surface area (Å²) in [5.74, 6) is 1.15. The molecule has 2 aromatic carbocycles. The smallest absolute Gasteiger partial charge is 0.0928 e. The molecule has 0 unspecified atom stereocenters. The summed E-state index contributed by atoms with van der Waals surface area (Å²) >= 11 is 0. The number of aromatic nitrogens is 4. The molecule has 0 saturated heterocycles. The lowest BCUT2D eigenvalue weighted by Gasteiger charge is -2.13. The van der Waals surface area contributed by atoms with Crippen molar-refractivity contribution in [3.63, 3.8) is 0 Å². The first-order valence-corrected chi connectivity index (χ1v) is 7.08. The Kier molecular flexibility index (Phi) is 3.00. The van der Waals surface area contributed by atoms with Gasteiger partial charge in [-0.3, -0.25) is 19.9 Å². The van der Waals surface area contributed by atoms with Gasteiger partial charge in [0.05, 0.1) is 22.1 Å². The van der Waals surface area contributed by atoms with Crippen LogP contribution in [0.3, 0.4) is 0 Å². The van der Waals surface area contributed by atoms with Gasteiger partial charge in [0, 0.05) is 30.7 Å². The van der Waals surface area contributed by atoms with E-state index < -0.39 is 0 Å². The fraction of sp³-hybridized carbons (Fsp3) is 0.0556. The minimum absolute atomic E-state index is 0.894. The summed E-state index contributed by atoms with van der Waals surface area (Å²) in [7, 11) is 0. The van der Waals surface area contributed by atoms with Crippen LogP contribution in [0.1, 0.15) is 18.1 Å². The van der Waals surface area contributed by atoms with Crippen LogP contribution in [-0.4, -0.2) is 19.9 Å². The number of rotatable bonds is 2. The average Bonchev–Trinajstić information content (AvgIpc) is 2.60. The molecule has 105 valence electrons. The van der Waals surface area contributed by atoms with Gasteiger partial charge in [0.1, 0.15) is 0 Å². The number of benzene rings is 2. The molecular weight excluding hydrogens is 272 g/mol. The number of hydrogen-bond donors (Lipinski definition) is 0. The van der Waals surface area contributed by atoms with Crippen LogP contribution in [0.25, 0.3) is 22.1 Å². The van der Waals surface area contributed by atoms with E-state index in [0.717, 1.165) is 39.1 Å². The fourth-order valence-corrected chi connectivity index (χ4v) is 2.65. The minimum atomic E-state index is 0.894. The van der Waals surface area contributed by atoms with E-state index >= 15 is 0 Å². The zero-order chi connectivity index (χ0) is 14.9. The second-order valence-electron chi connectivity index (χ2n) is 5.11. The first-order valence-electron chi connectivity index (χ1n) is 7.08. The average molecular weight is 285 g/mol. The topological polar surface area (TPSA) is 51.6 Å². The Morgan fingerprint density at radius 1 is 0.727 bits per heavy atom. The molecule has 0 aliphatic heterocycles. The fourth-order valence-electron chi connectivity index (χ4n) is 2.65. The van der Waals surface area contributed by atoms with Crippen LogP contribution in [0, 0.1) is 5.92 Å². The molecule has 4 heteroatoms. The molecule has 0 aliphatic carbocycles. The summed E-state index contributed by atoms with van der Waals surface area (Å²) in [6, 6.07) is 12.2. The van der Waals surface area contributed by atoms with E-state index in [1.807, 2.05) is 18.2 Å². The van der Waals surface area contributed by atoms with Gasteiger partial charge in [-0.05, 0) is 29.3 Å². The molecule has 0 aliphatic rings. The summed E-state index contributed by atoms with van der Waals surface area (Å²) in [5, 5.41) is 0. The molecule has 0 N–H and O–H groups in total. The van der Waals surface area contributed by atoms with Crippen molar-refractivity contribution in [3.8, 4) is 0 Å². The number of nitrogens with zero attached hydrogens (tertiary/aromatic N) is 4. The second-order valence-corrected chi connectivity index (χ2v) is 5.11. The van der Waals surface area contributed by atoms with Crippen molar-refractivity contribution in [2.45, 2.75) is 6.92 Å². The largest absolute Gasteiger partial charge is 0.253 e. The Labute approximate surface area is 127 Å². The zero-order valence-corrected chi connectivity index (χ0v) is 12.1. The summed E-state index contributed by atoms with van der Waals surface area (Å²) in [4.78, 5) is 17.5. The van der Waals surface area contributed by atoms with Crippen molar-refractivity contribution in [2.75, 3.05) is 0 Å². The van der Waals surface area contributed by atoms with Gasteiger partial charge in [0.2, 0.25) is 0 Å². The predicted molar refractivity (Wildman–Crippen MR) is 86.2 cm³/mol. The molecule has 0 saturated carbocycles. The molecule has 4 rings (SSSR count). The molecule has 2 aromatic heterocycles. The molecule has 0 fully saturated rings. The van der Waals surface area contributed by atoms with Gasteiger partial charge in [-0.2, -0.15) is 0 Å². The molecule has 0 bridgehead atoms. The lowest BCUT2D eigenvalue weighted by atomic mass is 9.92. The molecule has 22 heavy (non-hydrogen) atoms. The lowest BCUT2D eigenvalue weighted by Crippen LogP contribution is -2.00. The van der Waals surface area contributed by atoms with Gasteiger partial charge in [-0.15, -0.1) is 0 Å². The highest BCUT2D eigenvalue weighted by Gasteiger charge is 2.14. The van der Waals surface area contributed by atoms with Crippen LogP contribution in [0.4, 0.5) is 0 Å². The van der Waals surface area contributed by atoms with Crippen LogP contribution in [0.5, 0.6) is 0 Å². The standard InChI is InChI=1S/C18H13N4/c1-12(13-5-6-15-17(11-13)21-8-7-19-15)14-3-2-4-16-18(14)22-10-9-20-16/h2-11H,1H3. The van der Waals surface area contributed by atoms with Gasteiger partial charge in [0.15, 0.2) is 0 Å². The van der Waals surface area contributed by atoms with Crippen molar-refractivity contribution in [1.29, 1.82) is 0 Å². The van der Waals surface area contributed by atoms with Crippen LogP contribution < -0.4 is 0 Å². The van der Waals surface area contributed by atoms with Crippen molar-refractivity contribution < 1.29 is 0 Å². The van der Waals surface area contributed by atoms with Gasteiger partial charge in [-0.25, -0.2) is 0 Å². The normalized spacial score (nSPS) is 11.4. The van der Waals surface area contributed by atoms with Crippen LogP contribution in [0.15, 0.2) is 61.2 Å². The van der Waals surface area contributed by atoms with Crippen LogP contribution in [-0.2, 0) is 0 Å². The molecule has 1 radical (unpaired) electrons.